The first-order valence-corrected chi connectivity index (χ1v) is 7.39. The van der Waals surface area contributed by atoms with E-state index in [0.29, 0.717) is 6.42 Å². The van der Waals surface area contributed by atoms with Gasteiger partial charge in [0.2, 0.25) is 5.91 Å². The molecule has 2 unspecified atom stereocenters. The fourth-order valence-corrected chi connectivity index (χ4v) is 2.85. The van der Waals surface area contributed by atoms with Crippen LogP contribution in [0.15, 0.2) is 24.3 Å². The Morgan fingerprint density at radius 1 is 1.43 bits per heavy atom. The van der Waals surface area contributed by atoms with E-state index in [1.165, 1.54) is 0 Å². The van der Waals surface area contributed by atoms with E-state index in [-0.39, 0.29) is 18.5 Å². The highest BCUT2D eigenvalue weighted by Gasteiger charge is 2.35. The summed E-state index contributed by atoms with van der Waals surface area (Å²) in [7, 11) is 0. The van der Waals surface area contributed by atoms with Crippen molar-refractivity contribution in [2.45, 2.75) is 45.2 Å². The van der Waals surface area contributed by atoms with Crippen molar-refractivity contribution < 1.29 is 14.7 Å². The van der Waals surface area contributed by atoms with E-state index in [1.807, 2.05) is 31.2 Å². The fourth-order valence-electron chi connectivity index (χ4n) is 2.85. The molecule has 5 nitrogen and oxygen atoms in total. The molecule has 1 heterocycles. The van der Waals surface area contributed by atoms with Gasteiger partial charge in [-0.15, -0.1) is 0 Å². The van der Waals surface area contributed by atoms with E-state index in [9.17, 15) is 14.7 Å². The lowest BCUT2D eigenvalue weighted by Gasteiger charge is -2.25. The zero-order valence-electron chi connectivity index (χ0n) is 12.5. The zero-order valence-corrected chi connectivity index (χ0v) is 12.5. The van der Waals surface area contributed by atoms with E-state index in [0.717, 1.165) is 24.1 Å². The SMILES string of the molecule is CCCC(C)NC(=O)CN1c2ccccc2CC1C(=O)O. The van der Waals surface area contributed by atoms with Gasteiger partial charge in [0, 0.05) is 18.2 Å². The highest BCUT2D eigenvalue weighted by Crippen LogP contribution is 2.31. The minimum Gasteiger partial charge on any atom is -0.480 e. The van der Waals surface area contributed by atoms with Crippen LogP contribution in [0.25, 0.3) is 0 Å². The molecule has 0 fully saturated rings. The molecule has 0 saturated carbocycles. The number of hydrogen-bond donors (Lipinski definition) is 2. The van der Waals surface area contributed by atoms with Gasteiger partial charge in [0.25, 0.3) is 0 Å². The van der Waals surface area contributed by atoms with Crippen LogP contribution in [0.1, 0.15) is 32.3 Å². The number of fused-ring (bicyclic) bond motifs is 1. The lowest BCUT2D eigenvalue weighted by molar-refractivity contribution is -0.138. The molecule has 21 heavy (non-hydrogen) atoms. The number of aliphatic carboxylic acids is 1. The Labute approximate surface area is 125 Å². The zero-order chi connectivity index (χ0) is 15.4. The maximum Gasteiger partial charge on any atom is 0.326 e. The van der Waals surface area contributed by atoms with Crippen LogP contribution in [-0.4, -0.2) is 35.6 Å². The number of para-hydroxylation sites is 1. The molecule has 1 aliphatic heterocycles. The van der Waals surface area contributed by atoms with Gasteiger partial charge in [-0.1, -0.05) is 31.5 Å². The van der Waals surface area contributed by atoms with Gasteiger partial charge in [-0.2, -0.15) is 0 Å². The second kappa shape index (κ2) is 6.61. The number of anilines is 1. The summed E-state index contributed by atoms with van der Waals surface area (Å²) in [6.07, 6.45) is 2.37. The van der Waals surface area contributed by atoms with Crippen LogP contribution < -0.4 is 10.2 Å². The van der Waals surface area contributed by atoms with Crippen molar-refractivity contribution in [2.75, 3.05) is 11.4 Å². The molecular weight excluding hydrogens is 268 g/mol. The molecule has 0 saturated heterocycles. The summed E-state index contributed by atoms with van der Waals surface area (Å²) in [6.45, 7) is 4.12. The second-order valence-electron chi connectivity index (χ2n) is 5.57. The fraction of sp³-hybridized carbons (Fsp3) is 0.500. The van der Waals surface area contributed by atoms with Gasteiger partial charge in [-0.05, 0) is 25.0 Å². The van der Waals surface area contributed by atoms with Crippen molar-refractivity contribution in [1.29, 1.82) is 0 Å². The van der Waals surface area contributed by atoms with Gasteiger partial charge in [0.1, 0.15) is 6.04 Å². The number of amides is 1. The molecular formula is C16H22N2O3. The third-order valence-electron chi connectivity index (χ3n) is 3.82. The number of nitrogens with zero attached hydrogens (tertiary/aromatic N) is 1. The average Bonchev–Trinajstić information content (AvgIpc) is 2.78. The Morgan fingerprint density at radius 2 is 2.14 bits per heavy atom. The van der Waals surface area contributed by atoms with E-state index in [4.69, 9.17) is 0 Å². The van der Waals surface area contributed by atoms with Gasteiger partial charge in [0.05, 0.1) is 6.54 Å². The van der Waals surface area contributed by atoms with Crippen molar-refractivity contribution in [3.8, 4) is 0 Å². The second-order valence-corrected chi connectivity index (χ2v) is 5.57. The molecule has 0 aromatic heterocycles. The molecule has 0 bridgehead atoms. The summed E-state index contributed by atoms with van der Waals surface area (Å²) in [5.74, 6) is -1.01. The van der Waals surface area contributed by atoms with Crippen LogP contribution in [0.4, 0.5) is 5.69 Å². The summed E-state index contributed by atoms with van der Waals surface area (Å²) >= 11 is 0. The maximum absolute atomic E-state index is 12.1. The van der Waals surface area contributed by atoms with Crippen molar-refractivity contribution in [1.82, 2.24) is 5.32 Å². The lowest BCUT2D eigenvalue weighted by atomic mass is 10.1. The first kappa shape index (κ1) is 15.4. The number of carboxylic acid groups (broad SMARTS) is 1. The van der Waals surface area contributed by atoms with E-state index < -0.39 is 12.0 Å². The van der Waals surface area contributed by atoms with Crippen LogP contribution in [-0.2, 0) is 16.0 Å². The molecule has 1 aliphatic rings. The maximum atomic E-state index is 12.1. The number of carbonyl (C=O) groups is 2. The number of hydrogen-bond acceptors (Lipinski definition) is 3. The van der Waals surface area contributed by atoms with Crippen LogP contribution in [0.5, 0.6) is 0 Å². The lowest BCUT2D eigenvalue weighted by Crippen LogP contribution is -2.46. The van der Waals surface area contributed by atoms with Gasteiger partial charge in [-0.25, -0.2) is 4.79 Å². The van der Waals surface area contributed by atoms with Gasteiger partial charge in [-0.3, -0.25) is 4.79 Å². The Kier molecular flexibility index (Phi) is 4.83. The molecule has 0 aliphatic carbocycles. The molecule has 1 aromatic rings. The van der Waals surface area contributed by atoms with Crippen LogP contribution in [0, 0.1) is 0 Å². The number of nitrogens with one attached hydrogen (secondary N) is 1. The monoisotopic (exact) mass is 290 g/mol. The smallest absolute Gasteiger partial charge is 0.326 e. The van der Waals surface area contributed by atoms with Crippen LogP contribution >= 0.6 is 0 Å². The third kappa shape index (κ3) is 3.54. The topological polar surface area (TPSA) is 69.6 Å². The first-order valence-electron chi connectivity index (χ1n) is 7.39. The number of benzene rings is 1. The molecule has 2 N–H and O–H groups in total. The summed E-state index contributed by atoms with van der Waals surface area (Å²) in [4.78, 5) is 25.2. The molecule has 2 rings (SSSR count). The van der Waals surface area contributed by atoms with Gasteiger partial charge in [0.15, 0.2) is 0 Å². The van der Waals surface area contributed by atoms with Gasteiger partial charge < -0.3 is 15.3 Å². The van der Waals surface area contributed by atoms with Crippen LogP contribution in [0.3, 0.4) is 0 Å². The predicted octanol–water partition coefficient (Wildman–Crippen LogP) is 1.81. The molecule has 0 radical (unpaired) electrons. The summed E-state index contributed by atoms with van der Waals surface area (Å²) in [5.41, 5.74) is 1.84. The standard InChI is InChI=1S/C16H22N2O3/c1-3-6-11(2)17-15(19)10-18-13-8-5-4-7-12(13)9-14(18)16(20)21/h4-5,7-8,11,14H,3,6,9-10H2,1-2H3,(H,17,19)(H,20,21). The molecule has 5 heteroatoms. The minimum atomic E-state index is -0.888. The quantitative estimate of drug-likeness (QED) is 0.838. The molecule has 114 valence electrons. The number of carbonyl (C=O) groups excluding carboxylic acids is 1. The van der Waals surface area contributed by atoms with E-state index in [1.54, 1.807) is 4.90 Å². The largest absolute Gasteiger partial charge is 0.480 e. The summed E-state index contributed by atoms with van der Waals surface area (Å²) in [5, 5.41) is 12.3. The van der Waals surface area contributed by atoms with Crippen molar-refractivity contribution in [3.05, 3.63) is 29.8 Å². The minimum absolute atomic E-state index is 0.0854. The van der Waals surface area contributed by atoms with E-state index >= 15 is 0 Å². The summed E-state index contributed by atoms with van der Waals surface area (Å²) < 4.78 is 0. The number of rotatable bonds is 6. The Morgan fingerprint density at radius 3 is 2.81 bits per heavy atom. The molecule has 0 spiro atoms. The van der Waals surface area contributed by atoms with Gasteiger partial charge >= 0.3 is 5.97 Å². The Hall–Kier alpha value is -2.04. The first-order chi connectivity index (χ1) is 10.0. The molecule has 2 atom stereocenters. The molecule has 1 aromatic carbocycles. The highest BCUT2D eigenvalue weighted by atomic mass is 16.4. The average molecular weight is 290 g/mol. The van der Waals surface area contributed by atoms with Crippen molar-refractivity contribution in [3.63, 3.8) is 0 Å². The summed E-state index contributed by atoms with van der Waals surface area (Å²) in [6, 6.07) is 7.01. The Balaban J connectivity index is 2.09. The van der Waals surface area contributed by atoms with Crippen molar-refractivity contribution >= 4 is 17.6 Å². The van der Waals surface area contributed by atoms with Crippen LogP contribution in [0.2, 0.25) is 0 Å². The Bertz CT molecular complexity index is 530. The normalized spacial score (nSPS) is 18.2. The predicted molar refractivity (Wildman–Crippen MR) is 81.4 cm³/mol. The van der Waals surface area contributed by atoms with Crippen molar-refractivity contribution in [2.24, 2.45) is 0 Å². The molecule has 1 amide bonds. The highest BCUT2D eigenvalue weighted by molar-refractivity contribution is 5.88. The third-order valence-corrected chi connectivity index (χ3v) is 3.82. The van der Waals surface area contributed by atoms with E-state index in [2.05, 4.69) is 12.2 Å². The number of carboxylic acids is 1.